The molecule has 1 amide bonds. The molecule has 0 aromatic carbocycles. The monoisotopic (exact) mass is 387 g/mol. The molecule has 1 N–H and O–H groups in total. The fourth-order valence-electron chi connectivity index (χ4n) is 2.30. The van der Waals surface area contributed by atoms with Gasteiger partial charge in [-0.15, -0.1) is 22.7 Å². The van der Waals surface area contributed by atoms with E-state index in [2.05, 4.69) is 4.98 Å². The summed E-state index contributed by atoms with van der Waals surface area (Å²) in [7, 11) is -3.74. The third kappa shape index (κ3) is 3.20. The smallest absolute Gasteiger partial charge is 0.336 e. The van der Waals surface area contributed by atoms with Crippen molar-refractivity contribution in [3.8, 4) is 0 Å². The summed E-state index contributed by atoms with van der Waals surface area (Å²) in [5, 5.41) is 11.9. The molecule has 1 fully saturated rings. The molecule has 0 bridgehead atoms. The van der Waals surface area contributed by atoms with Crippen molar-refractivity contribution < 1.29 is 23.1 Å². The lowest BCUT2D eigenvalue weighted by Crippen LogP contribution is -2.50. The molecule has 24 heavy (non-hydrogen) atoms. The first-order chi connectivity index (χ1) is 11.4. The van der Waals surface area contributed by atoms with Gasteiger partial charge in [-0.3, -0.25) is 4.79 Å². The first kappa shape index (κ1) is 17.0. The highest BCUT2D eigenvalue weighted by Crippen LogP contribution is 2.25. The van der Waals surface area contributed by atoms with Gasteiger partial charge in [0.05, 0.1) is 11.1 Å². The van der Waals surface area contributed by atoms with Crippen LogP contribution in [0, 0.1) is 0 Å². The fraction of sp³-hybridized carbons (Fsp3) is 0.308. The molecular weight excluding hydrogens is 374 g/mol. The number of carbonyl (C=O) groups excluding carboxylic acids is 1. The average Bonchev–Trinajstić information content (AvgIpc) is 3.26. The van der Waals surface area contributed by atoms with Gasteiger partial charge in [0.1, 0.15) is 9.90 Å². The SMILES string of the molecule is O=C(O)c1csc(S(=O)(=O)N2CCN(C(=O)c3cscn3)CC2)c1. The number of aromatic carboxylic acids is 1. The van der Waals surface area contributed by atoms with Crippen molar-refractivity contribution in [2.24, 2.45) is 0 Å². The molecule has 0 atom stereocenters. The number of nitrogens with zero attached hydrogens (tertiary/aromatic N) is 3. The third-order valence-corrected chi connectivity index (χ3v) is 7.49. The topological polar surface area (TPSA) is 108 Å². The number of hydrogen-bond donors (Lipinski definition) is 1. The van der Waals surface area contributed by atoms with Crippen LogP contribution in [0.5, 0.6) is 0 Å². The number of aromatic nitrogens is 1. The highest BCUT2D eigenvalue weighted by molar-refractivity contribution is 7.91. The first-order valence-electron chi connectivity index (χ1n) is 6.89. The summed E-state index contributed by atoms with van der Waals surface area (Å²) in [6, 6.07) is 1.16. The van der Waals surface area contributed by atoms with E-state index in [1.165, 1.54) is 21.0 Å². The lowest BCUT2D eigenvalue weighted by molar-refractivity contribution is 0.0685. The van der Waals surface area contributed by atoms with Crippen molar-refractivity contribution in [1.82, 2.24) is 14.2 Å². The van der Waals surface area contributed by atoms with Gasteiger partial charge in [-0.2, -0.15) is 4.31 Å². The Kier molecular flexibility index (Phi) is 4.67. The van der Waals surface area contributed by atoms with E-state index < -0.39 is 16.0 Å². The Hall–Kier alpha value is -1.82. The van der Waals surface area contributed by atoms with Crippen molar-refractivity contribution >= 4 is 44.6 Å². The number of carbonyl (C=O) groups is 2. The van der Waals surface area contributed by atoms with E-state index in [0.717, 1.165) is 17.4 Å². The molecule has 2 aromatic rings. The second kappa shape index (κ2) is 6.59. The summed E-state index contributed by atoms with van der Waals surface area (Å²) >= 11 is 2.21. The Balaban J connectivity index is 1.69. The van der Waals surface area contributed by atoms with Crippen molar-refractivity contribution in [2.45, 2.75) is 4.21 Å². The van der Waals surface area contributed by atoms with Crippen molar-refractivity contribution in [1.29, 1.82) is 0 Å². The van der Waals surface area contributed by atoms with E-state index >= 15 is 0 Å². The fourth-order valence-corrected chi connectivity index (χ4v) is 5.56. The number of carboxylic acids is 1. The molecule has 2 aromatic heterocycles. The highest BCUT2D eigenvalue weighted by atomic mass is 32.2. The quantitative estimate of drug-likeness (QED) is 0.840. The van der Waals surface area contributed by atoms with E-state index in [-0.39, 0.29) is 41.9 Å². The van der Waals surface area contributed by atoms with Gasteiger partial charge in [0, 0.05) is 36.9 Å². The summed E-state index contributed by atoms with van der Waals surface area (Å²) in [4.78, 5) is 28.6. The first-order valence-corrected chi connectivity index (χ1v) is 10.2. The Morgan fingerprint density at radius 2 is 1.88 bits per heavy atom. The second-order valence-corrected chi connectivity index (χ2v) is 8.82. The molecule has 0 radical (unpaired) electrons. The number of sulfonamides is 1. The number of rotatable bonds is 4. The maximum atomic E-state index is 12.6. The van der Waals surface area contributed by atoms with Gasteiger partial charge < -0.3 is 10.0 Å². The van der Waals surface area contributed by atoms with E-state index in [0.29, 0.717) is 5.69 Å². The molecule has 0 aliphatic carbocycles. The zero-order chi connectivity index (χ0) is 17.3. The second-order valence-electron chi connectivity index (χ2n) is 5.03. The Bertz CT molecular complexity index is 851. The van der Waals surface area contributed by atoms with E-state index in [9.17, 15) is 18.0 Å². The molecule has 1 aliphatic heterocycles. The van der Waals surface area contributed by atoms with E-state index in [4.69, 9.17) is 5.11 Å². The number of thiophene rings is 1. The van der Waals surface area contributed by atoms with Gasteiger partial charge in [-0.05, 0) is 6.07 Å². The molecule has 0 saturated carbocycles. The van der Waals surface area contributed by atoms with Gasteiger partial charge in [0.2, 0.25) is 0 Å². The van der Waals surface area contributed by atoms with Crippen LogP contribution >= 0.6 is 22.7 Å². The number of amides is 1. The number of thiazole rings is 1. The summed E-state index contributed by atoms with van der Waals surface area (Å²) in [6.45, 7) is 0.872. The molecule has 11 heteroatoms. The maximum absolute atomic E-state index is 12.6. The lowest BCUT2D eigenvalue weighted by Gasteiger charge is -2.33. The molecule has 3 rings (SSSR count). The predicted octanol–water partition coefficient (Wildman–Crippen LogP) is 1.05. The van der Waals surface area contributed by atoms with Crippen LogP contribution in [0.4, 0.5) is 0 Å². The molecule has 128 valence electrons. The minimum atomic E-state index is -3.74. The summed E-state index contributed by atoms with van der Waals surface area (Å²) in [5.41, 5.74) is 1.89. The van der Waals surface area contributed by atoms with Crippen molar-refractivity contribution in [3.63, 3.8) is 0 Å². The Labute approximate surface area is 146 Å². The predicted molar refractivity (Wildman–Crippen MR) is 88.1 cm³/mol. The molecule has 0 spiro atoms. The number of hydrogen-bond acceptors (Lipinski definition) is 7. The zero-order valence-electron chi connectivity index (χ0n) is 12.3. The summed E-state index contributed by atoms with van der Waals surface area (Å²) in [6.07, 6.45) is 0. The molecule has 8 nitrogen and oxygen atoms in total. The van der Waals surface area contributed by atoms with E-state index in [1.54, 1.807) is 15.8 Å². The van der Waals surface area contributed by atoms with Crippen LogP contribution in [-0.4, -0.2) is 65.8 Å². The van der Waals surface area contributed by atoms with E-state index in [1.807, 2.05) is 0 Å². The normalized spacial score (nSPS) is 16.2. The van der Waals surface area contributed by atoms with Crippen LogP contribution in [0.3, 0.4) is 0 Å². The minimum Gasteiger partial charge on any atom is -0.478 e. The zero-order valence-corrected chi connectivity index (χ0v) is 14.7. The molecule has 3 heterocycles. The van der Waals surface area contributed by atoms with Crippen LogP contribution in [0.15, 0.2) is 26.5 Å². The van der Waals surface area contributed by atoms with Crippen molar-refractivity contribution in [2.75, 3.05) is 26.2 Å². The molecule has 1 aliphatic rings. The van der Waals surface area contributed by atoms with Crippen LogP contribution in [0.2, 0.25) is 0 Å². The Morgan fingerprint density at radius 1 is 1.17 bits per heavy atom. The van der Waals surface area contributed by atoms with Gasteiger partial charge in [0.25, 0.3) is 15.9 Å². The van der Waals surface area contributed by atoms with Gasteiger partial charge in [-0.25, -0.2) is 18.2 Å². The highest BCUT2D eigenvalue weighted by Gasteiger charge is 2.32. The number of piperazine rings is 1. The van der Waals surface area contributed by atoms with Crippen molar-refractivity contribution in [3.05, 3.63) is 33.6 Å². The maximum Gasteiger partial charge on any atom is 0.336 e. The standard InChI is InChI=1S/C13H13N3O5S3/c17-12(10-7-22-8-14-10)15-1-3-16(4-2-15)24(20,21)11-5-9(6-23-11)13(18)19/h5-8H,1-4H2,(H,18,19). The molecular formula is C13H13N3O5S3. The largest absolute Gasteiger partial charge is 0.478 e. The summed E-state index contributed by atoms with van der Waals surface area (Å²) in [5.74, 6) is -1.37. The molecule has 1 saturated heterocycles. The van der Waals surface area contributed by atoms with Gasteiger partial charge in [-0.1, -0.05) is 0 Å². The van der Waals surface area contributed by atoms with Gasteiger partial charge >= 0.3 is 5.97 Å². The lowest BCUT2D eigenvalue weighted by atomic mass is 10.3. The van der Waals surface area contributed by atoms with Crippen LogP contribution < -0.4 is 0 Å². The minimum absolute atomic E-state index is 0.000761. The third-order valence-electron chi connectivity index (χ3n) is 3.59. The Morgan fingerprint density at radius 3 is 2.42 bits per heavy atom. The van der Waals surface area contributed by atoms with Crippen LogP contribution in [0.1, 0.15) is 20.8 Å². The van der Waals surface area contributed by atoms with Gasteiger partial charge in [0.15, 0.2) is 0 Å². The number of carboxylic acid groups (broad SMARTS) is 1. The van der Waals surface area contributed by atoms with Crippen LogP contribution in [-0.2, 0) is 10.0 Å². The van der Waals surface area contributed by atoms with Crippen LogP contribution in [0.25, 0.3) is 0 Å². The summed E-state index contributed by atoms with van der Waals surface area (Å²) < 4.78 is 26.4. The molecule has 0 unspecified atom stereocenters. The average molecular weight is 387 g/mol.